The maximum absolute atomic E-state index is 11.6. The van der Waals surface area contributed by atoms with Crippen molar-refractivity contribution < 1.29 is 0 Å². The molecule has 7 rings (SSSR count). The second-order valence-electron chi connectivity index (χ2n) is 11.9. The lowest BCUT2D eigenvalue weighted by Crippen LogP contribution is -2.58. The van der Waals surface area contributed by atoms with Gasteiger partial charge in [0.15, 0.2) is 0 Å². The van der Waals surface area contributed by atoms with Crippen LogP contribution in [-0.2, 0) is 23.9 Å². The normalized spacial score (nSPS) is 34.2. The Kier molecular flexibility index (Phi) is 5.81. The van der Waals surface area contributed by atoms with Crippen LogP contribution in [0.2, 0.25) is 0 Å². The van der Waals surface area contributed by atoms with Gasteiger partial charge in [0.05, 0.1) is 11.1 Å². The number of nitrogens with one attached hydrogen (secondary N) is 3. The van der Waals surface area contributed by atoms with Crippen molar-refractivity contribution in [1.82, 2.24) is 15.3 Å². The monoisotopic (exact) mass is 498 g/mol. The predicted octanol–water partition coefficient (Wildman–Crippen LogP) is 4.09. The molecular weight excluding hydrogens is 460 g/mol. The van der Waals surface area contributed by atoms with E-state index < -0.39 is 5.54 Å². The molecule has 5 N–H and O–H groups in total. The minimum atomic E-state index is -0.434. The number of aromatic amines is 2. The number of rotatable bonds is 0. The summed E-state index contributed by atoms with van der Waals surface area (Å²) in [6.07, 6.45) is 13.2. The molecule has 5 atom stereocenters. The first kappa shape index (κ1) is 24.4. The van der Waals surface area contributed by atoms with Crippen molar-refractivity contribution in [1.29, 1.82) is 0 Å². The zero-order valence-corrected chi connectivity index (χ0v) is 22.1. The second kappa shape index (κ2) is 8.81. The van der Waals surface area contributed by atoms with Crippen molar-refractivity contribution in [3.8, 4) is 0 Å². The lowest BCUT2D eigenvalue weighted by Gasteiger charge is -2.54. The van der Waals surface area contributed by atoms with Gasteiger partial charge in [-0.15, -0.1) is 0 Å². The highest BCUT2D eigenvalue weighted by atomic mass is 16.1. The van der Waals surface area contributed by atoms with E-state index in [0.717, 1.165) is 49.2 Å². The van der Waals surface area contributed by atoms with Gasteiger partial charge in [-0.3, -0.25) is 9.59 Å². The number of hydrogen-bond acceptors (Lipinski definition) is 4. The Hall–Kier alpha value is -2.96. The number of hydrogen-bond donors (Lipinski definition) is 4. The molecule has 0 radical (unpaired) electrons. The Balaban J connectivity index is 0.000000136. The average molecular weight is 499 g/mol. The molecule has 0 saturated carbocycles. The zero-order valence-electron chi connectivity index (χ0n) is 22.1. The van der Waals surface area contributed by atoms with Gasteiger partial charge in [0.25, 0.3) is 0 Å². The molecule has 0 spiro atoms. The summed E-state index contributed by atoms with van der Waals surface area (Å²) >= 11 is 0. The van der Waals surface area contributed by atoms with E-state index in [1.165, 1.54) is 35.1 Å². The van der Waals surface area contributed by atoms with Gasteiger partial charge >= 0.3 is 0 Å². The van der Waals surface area contributed by atoms with E-state index in [1.807, 2.05) is 6.07 Å². The van der Waals surface area contributed by atoms with Crippen LogP contribution in [0.4, 0.5) is 0 Å². The molecule has 37 heavy (non-hydrogen) atoms. The van der Waals surface area contributed by atoms with Gasteiger partial charge in [0, 0.05) is 29.4 Å². The highest BCUT2D eigenvalue weighted by Crippen LogP contribution is 2.52. The first-order valence-corrected chi connectivity index (χ1v) is 13.7. The van der Waals surface area contributed by atoms with Crippen LogP contribution in [0.3, 0.4) is 0 Å². The van der Waals surface area contributed by atoms with Crippen molar-refractivity contribution in [3.63, 3.8) is 0 Å². The molecule has 5 aliphatic rings. The predicted molar refractivity (Wildman–Crippen MR) is 147 cm³/mol. The number of pyridine rings is 2. The molecule has 1 fully saturated rings. The minimum absolute atomic E-state index is 0.0307. The maximum Gasteiger partial charge on any atom is 0.248 e. The van der Waals surface area contributed by atoms with E-state index >= 15 is 0 Å². The van der Waals surface area contributed by atoms with E-state index in [4.69, 9.17) is 5.73 Å². The van der Waals surface area contributed by atoms with Crippen LogP contribution < -0.4 is 22.2 Å². The highest BCUT2D eigenvalue weighted by molar-refractivity contribution is 5.49. The third kappa shape index (κ3) is 3.84. The number of nitrogens with two attached hydrogens (primary N) is 1. The van der Waals surface area contributed by atoms with E-state index in [2.05, 4.69) is 60.4 Å². The Morgan fingerprint density at radius 2 is 1.59 bits per heavy atom. The summed E-state index contributed by atoms with van der Waals surface area (Å²) in [5.74, 6) is 1.62. The Morgan fingerprint density at radius 3 is 2.32 bits per heavy atom. The summed E-state index contributed by atoms with van der Waals surface area (Å²) in [5, 5.41) is 3.81. The van der Waals surface area contributed by atoms with Crippen LogP contribution in [-0.4, -0.2) is 16.5 Å². The molecule has 0 amide bonds. The number of piperidine rings is 1. The van der Waals surface area contributed by atoms with E-state index in [1.54, 1.807) is 12.1 Å². The van der Waals surface area contributed by atoms with Crippen molar-refractivity contribution in [2.24, 2.45) is 23.5 Å². The molecule has 1 aliphatic heterocycles. The lowest BCUT2D eigenvalue weighted by atomic mass is 9.57. The molecule has 194 valence electrons. The SMILES string of the molecule is C/C=C1\[C@H]2C=C(C)C[C@]1(N)c1ccc(=O)[nH]c1C2.CC1=C[C@H]2Cc3[nH]c(=O)ccc3[C@]3(C1)NCCC[C@H]23. The topological polar surface area (TPSA) is 104 Å². The number of H-pyrrole nitrogens is 2. The summed E-state index contributed by atoms with van der Waals surface area (Å²) in [5.41, 5.74) is 15.0. The van der Waals surface area contributed by atoms with Gasteiger partial charge in [-0.25, -0.2) is 0 Å². The summed E-state index contributed by atoms with van der Waals surface area (Å²) in [6.45, 7) is 7.53. The van der Waals surface area contributed by atoms with Gasteiger partial charge in [-0.1, -0.05) is 29.4 Å². The van der Waals surface area contributed by atoms with Gasteiger partial charge in [0.1, 0.15) is 0 Å². The fourth-order valence-electron chi connectivity index (χ4n) is 8.26. The van der Waals surface area contributed by atoms with Gasteiger partial charge in [-0.2, -0.15) is 0 Å². The van der Waals surface area contributed by atoms with E-state index in [0.29, 0.717) is 17.8 Å². The first-order valence-electron chi connectivity index (χ1n) is 13.7. The van der Waals surface area contributed by atoms with Crippen LogP contribution in [0, 0.1) is 17.8 Å². The number of fused-ring (bicyclic) bond motifs is 5. The molecule has 2 aromatic heterocycles. The third-order valence-electron chi connectivity index (χ3n) is 9.43. The average Bonchev–Trinajstić information content (AvgIpc) is 2.83. The minimum Gasteiger partial charge on any atom is -0.326 e. The van der Waals surface area contributed by atoms with Crippen molar-refractivity contribution in [3.05, 3.63) is 102 Å². The van der Waals surface area contributed by atoms with Gasteiger partial charge < -0.3 is 21.0 Å². The molecule has 4 aliphatic carbocycles. The molecule has 1 saturated heterocycles. The quantitative estimate of drug-likeness (QED) is 0.411. The summed E-state index contributed by atoms with van der Waals surface area (Å²) in [7, 11) is 0. The molecule has 0 aromatic carbocycles. The molecule has 4 bridgehead atoms. The Morgan fingerprint density at radius 1 is 0.919 bits per heavy atom. The third-order valence-corrected chi connectivity index (χ3v) is 9.43. The summed E-state index contributed by atoms with van der Waals surface area (Å²) in [4.78, 5) is 29.1. The second-order valence-corrected chi connectivity index (χ2v) is 11.9. The first-order chi connectivity index (χ1) is 17.7. The van der Waals surface area contributed by atoms with Crippen LogP contribution in [0.15, 0.2) is 68.8 Å². The molecule has 6 heteroatoms. The van der Waals surface area contributed by atoms with Crippen molar-refractivity contribution in [2.45, 2.75) is 70.4 Å². The standard InChI is InChI=1S/C16H20N2O.C15H18N2O/c1-10-7-11-8-14-13(4-5-15(19)18-14)16(9-10)12(11)3-2-6-17-16;1-3-11-10-6-9(2)8-15(11,16)12-4-5-14(18)17-13(12)7-10/h4-5,7,11-12,17H,2-3,6,8-9H2,1H3,(H,18,19);3-6,10H,7-8,16H2,1-2H3,(H,17,18)/b;11-3+/t11-,12+,16+;10-,15+/m00/s1. The van der Waals surface area contributed by atoms with Crippen molar-refractivity contribution >= 4 is 0 Å². The van der Waals surface area contributed by atoms with Gasteiger partial charge in [0.2, 0.25) is 11.1 Å². The lowest BCUT2D eigenvalue weighted by molar-refractivity contribution is 0.0883. The van der Waals surface area contributed by atoms with Crippen LogP contribution in [0.1, 0.15) is 69.0 Å². The smallest absolute Gasteiger partial charge is 0.248 e. The molecule has 0 unspecified atom stereocenters. The molecule has 2 aromatic rings. The molecule has 3 heterocycles. The molecular formula is C31H38N4O2. The van der Waals surface area contributed by atoms with E-state index in [9.17, 15) is 9.59 Å². The zero-order chi connectivity index (χ0) is 25.9. The summed E-state index contributed by atoms with van der Waals surface area (Å²) < 4.78 is 0. The van der Waals surface area contributed by atoms with Crippen LogP contribution >= 0.6 is 0 Å². The van der Waals surface area contributed by atoms with Crippen LogP contribution in [0.5, 0.6) is 0 Å². The fraction of sp³-hybridized carbons (Fsp3) is 0.484. The van der Waals surface area contributed by atoms with Crippen LogP contribution in [0.25, 0.3) is 0 Å². The number of aromatic nitrogens is 2. The number of allylic oxidation sites excluding steroid dienone is 3. The maximum atomic E-state index is 11.6. The van der Waals surface area contributed by atoms with E-state index in [-0.39, 0.29) is 16.7 Å². The fourth-order valence-corrected chi connectivity index (χ4v) is 8.26. The Labute approximate surface area is 218 Å². The summed E-state index contributed by atoms with van der Waals surface area (Å²) in [6, 6.07) is 7.23. The van der Waals surface area contributed by atoms with Gasteiger partial charge in [-0.05, 0) is 107 Å². The molecule has 6 nitrogen and oxygen atoms in total. The highest BCUT2D eigenvalue weighted by Gasteiger charge is 2.51. The van der Waals surface area contributed by atoms with Crippen molar-refractivity contribution in [2.75, 3.05) is 6.54 Å². The largest absolute Gasteiger partial charge is 0.326 e. The Bertz CT molecular complexity index is 1460.